The van der Waals surface area contributed by atoms with Gasteiger partial charge in [0, 0.05) is 11.6 Å². The third kappa shape index (κ3) is 9.84. The minimum Gasteiger partial charge on any atom is -0.271 e. The Bertz CT molecular complexity index is 402. The molecule has 0 aromatic heterocycles. The maximum absolute atomic E-state index is 8.74. The molecule has 6 nitrogen and oxygen atoms in total. The number of hydrogen-bond donors (Lipinski definition) is 4. The molecule has 0 heterocycles. The Morgan fingerprint density at radius 2 is 1.81 bits per heavy atom. The van der Waals surface area contributed by atoms with E-state index in [4.69, 9.17) is 35.0 Å². The number of hydrazine groups is 1. The molecule has 0 atom stereocenters. The summed E-state index contributed by atoms with van der Waals surface area (Å²) in [6.07, 6.45) is 0.871. The van der Waals surface area contributed by atoms with Crippen molar-refractivity contribution >= 4 is 22.0 Å². The van der Waals surface area contributed by atoms with Gasteiger partial charge in [-0.2, -0.15) is 8.42 Å². The molecule has 1 rings (SSSR count). The average molecular weight is 269 g/mol. The van der Waals surface area contributed by atoms with Crippen LogP contribution >= 0.6 is 11.6 Å². The highest BCUT2D eigenvalue weighted by molar-refractivity contribution is 7.79. The quantitative estimate of drug-likeness (QED) is 0.365. The lowest BCUT2D eigenvalue weighted by molar-refractivity contribution is 0.381. The SMILES string of the molecule is NNCCc1ccccc1Cl.O=S(=O)(O)O. The molecule has 0 radical (unpaired) electrons. The van der Waals surface area contributed by atoms with Gasteiger partial charge in [0.15, 0.2) is 0 Å². The van der Waals surface area contributed by atoms with Gasteiger partial charge in [0.25, 0.3) is 0 Å². The fourth-order valence-electron chi connectivity index (χ4n) is 0.908. The summed E-state index contributed by atoms with van der Waals surface area (Å²) in [5.74, 6) is 5.13. The van der Waals surface area contributed by atoms with Gasteiger partial charge in [0.1, 0.15) is 0 Å². The normalized spacial score (nSPS) is 10.5. The molecule has 0 spiro atoms. The monoisotopic (exact) mass is 268 g/mol. The van der Waals surface area contributed by atoms with Crippen molar-refractivity contribution in [1.82, 2.24) is 5.43 Å². The van der Waals surface area contributed by atoms with Gasteiger partial charge in [-0.3, -0.25) is 20.4 Å². The largest absolute Gasteiger partial charge is 0.394 e. The molecule has 0 amide bonds. The Morgan fingerprint density at radius 1 is 1.31 bits per heavy atom. The van der Waals surface area contributed by atoms with Crippen LogP contribution in [0.1, 0.15) is 5.56 Å². The highest BCUT2D eigenvalue weighted by Crippen LogP contribution is 2.14. The van der Waals surface area contributed by atoms with Crippen LogP contribution in [0, 0.1) is 0 Å². The van der Waals surface area contributed by atoms with Crippen LogP contribution in [0.4, 0.5) is 0 Å². The first-order valence-corrected chi connectivity index (χ1v) is 5.99. The predicted molar refractivity (Wildman–Crippen MR) is 61.5 cm³/mol. The third-order valence-corrected chi connectivity index (χ3v) is 1.87. The second-order valence-electron chi connectivity index (χ2n) is 2.74. The van der Waals surface area contributed by atoms with E-state index in [2.05, 4.69) is 5.43 Å². The summed E-state index contributed by atoms with van der Waals surface area (Å²) in [5.41, 5.74) is 3.72. The van der Waals surface area contributed by atoms with E-state index in [1.165, 1.54) is 0 Å². The number of benzene rings is 1. The van der Waals surface area contributed by atoms with Gasteiger partial charge in [-0.15, -0.1) is 0 Å². The first-order chi connectivity index (χ1) is 7.34. The summed E-state index contributed by atoms with van der Waals surface area (Å²) in [6.45, 7) is 0.754. The van der Waals surface area contributed by atoms with Crippen LogP contribution in [0.5, 0.6) is 0 Å². The van der Waals surface area contributed by atoms with E-state index in [0.717, 1.165) is 23.6 Å². The highest BCUT2D eigenvalue weighted by atomic mass is 35.5. The Labute approximate surface area is 99.0 Å². The van der Waals surface area contributed by atoms with Gasteiger partial charge in [-0.25, -0.2) is 0 Å². The Hall–Kier alpha value is -0.700. The van der Waals surface area contributed by atoms with Crippen molar-refractivity contribution in [3.63, 3.8) is 0 Å². The first-order valence-electron chi connectivity index (χ1n) is 4.21. The number of nitrogens with two attached hydrogens (primary N) is 1. The van der Waals surface area contributed by atoms with Crippen molar-refractivity contribution in [3.05, 3.63) is 34.9 Å². The van der Waals surface area contributed by atoms with Gasteiger partial charge in [0.05, 0.1) is 0 Å². The fraction of sp³-hybridized carbons (Fsp3) is 0.250. The first kappa shape index (κ1) is 15.3. The van der Waals surface area contributed by atoms with Gasteiger partial charge in [-0.1, -0.05) is 29.8 Å². The molecule has 0 aliphatic carbocycles. The molecule has 0 bridgehead atoms. The van der Waals surface area contributed by atoms with Crippen molar-refractivity contribution < 1.29 is 17.5 Å². The maximum atomic E-state index is 8.74. The molecular formula is C8H13ClN2O4S. The van der Waals surface area contributed by atoms with E-state index in [1.807, 2.05) is 24.3 Å². The topological polar surface area (TPSA) is 113 Å². The maximum Gasteiger partial charge on any atom is 0.394 e. The van der Waals surface area contributed by atoms with Crippen molar-refractivity contribution in [3.8, 4) is 0 Å². The zero-order valence-electron chi connectivity index (χ0n) is 8.30. The minimum atomic E-state index is -4.67. The molecule has 1 aromatic rings. The van der Waals surface area contributed by atoms with E-state index in [1.54, 1.807) is 0 Å². The Morgan fingerprint density at radius 3 is 2.25 bits per heavy atom. The predicted octanol–water partition coefficient (Wildman–Crippen LogP) is 0.693. The molecular weight excluding hydrogens is 256 g/mol. The summed E-state index contributed by atoms with van der Waals surface area (Å²) in [4.78, 5) is 0. The lowest BCUT2D eigenvalue weighted by atomic mass is 10.1. The molecule has 8 heteroatoms. The molecule has 0 fully saturated rings. The molecule has 0 unspecified atom stereocenters. The lowest BCUT2D eigenvalue weighted by Gasteiger charge is -2.01. The smallest absolute Gasteiger partial charge is 0.271 e. The molecule has 5 N–H and O–H groups in total. The van der Waals surface area contributed by atoms with Crippen LogP contribution in [0.2, 0.25) is 5.02 Å². The van der Waals surface area contributed by atoms with E-state index < -0.39 is 10.4 Å². The zero-order chi connectivity index (χ0) is 12.6. The summed E-state index contributed by atoms with van der Waals surface area (Å²) < 4.78 is 31.6. The second kappa shape index (κ2) is 7.55. The van der Waals surface area contributed by atoms with Gasteiger partial charge in [0.2, 0.25) is 0 Å². The molecule has 16 heavy (non-hydrogen) atoms. The lowest BCUT2D eigenvalue weighted by Crippen LogP contribution is -2.24. The van der Waals surface area contributed by atoms with E-state index in [-0.39, 0.29) is 0 Å². The number of rotatable bonds is 3. The summed E-state index contributed by atoms with van der Waals surface area (Å²) >= 11 is 5.89. The van der Waals surface area contributed by atoms with Crippen LogP contribution in [0.15, 0.2) is 24.3 Å². The summed E-state index contributed by atoms with van der Waals surface area (Å²) in [7, 11) is -4.67. The minimum absolute atomic E-state index is 0.754. The van der Waals surface area contributed by atoms with Gasteiger partial charge in [-0.05, 0) is 18.1 Å². The molecule has 92 valence electrons. The molecule has 1 aromatic carbocycles. The van der Waals surface area contributed by atoms with E-state index in [9.17, 15) is 0 Å². The van der Waals surface area contributed by atoms with E-state index in [0.29, 0.717) is 0 Å². The van der Waals surface area contributed by atoms with Gasteiger partial charge < -0.3 is 0 Å². The average Bonchev–Trinajstić information content (AvgIpc) is 2.14. The van der Waals surface area contributed by atoms with Crippen LogP contribution in [-0.4, -0.2) is 24.1 Å². The van der Waals surface area contributed by atoms with Crippen molar-refractivity contribution in [2.24, 2.45) is 5.84 Å². The standard InChI is InChI=1S/C8H11ClN2.H2O4S/c9-8-4-2-1-3-7(8)5-6-11-10;1-5(2,3)4/h1-4,11H,5-6,10H2;(H2,1,2,3,4). The second-order valence-corrected chi connectivity index (χ2v) is 4.05. The van der Waals surface area contributed by atoms with Crippen molar-refractivity contribution in [2.75, 3.05) is 6.54 Å². The Balaban J connectivity index is 0.000000385. The number of halogens is 1. The van der Waals surface area contributed by atoms with Crippen molar-refractivity contribution in [2.45, 2.75) is 6.42 Å². The van der Waals surface area contributed by atoms with Crippen LogP contribution in [0.25, 0.3) is 0 Å². The Kier molecular flexibility index (Phi) is 7.22. The highest BCUT2D eigenvalue weighted by Gasteiger charge is 1.95. The molecule has 0 aliphatic heterocycles. The summed E-state index contributed by atoms with van der Waals surface area (Å²) in [6, 6.07) is 7.77. The molecule has 0 saturated carbocycles. The third-order valence-electron chi connectivity index (χ3n) is 1.50. The van der Waals surface area contributed by atoms with Crippen molar-refractivity contribution in [1.29, 1.82) is 0 Å². The summed E-state index contributed by atoms with van der Waals surface area (Å²) in [5, 5.41) is 0.808. The zero-order valence-corrected chi connectivity index (χ0v) is 9.87. The van der Waals surface area contributed by atoms with Crippen LogP contribution in [0.3, 0.4) is 0 Å². The molecule has 0 saturated heterocycles. The number of nitrogens with one attached hydrogen (secondary N) is 1. The van der Waals surface area contributed by atoms with E-state index >= 15 is 0 Å². The van der Waals surface area contributed by atoms with Crippen LogP contribution < -0.4 is 11.3 Å². The fourth-order valence-corrected chi connectivity index (χ4v) is 1.14. The molecule has 0 aliphatic rings. The van der Waals surface area contributed by atoms with Crippen LogP contribution in [-0.2, 0) is 16.8 Å². The van der Waals surface area contributed by atoms with Gasteiger partial charge >= 0.3 is 10.4 Å². The number of hydrogen-bond acceptors (Lipinski definition) is 4.